The molecule has 1 aliphatic heterocycles. The first kappa shape index (κ1) is 29.0. The molecule has 0 radical (unpaired) electrons. The number of halogens is 6. The van der Waals surface area contributed by atoms with E-state index in [1.54, 1.807) is 0 Å². The van der Waals surface area contributed by atoms with E-state index in [1.165, 1.54) is 24.3 Å². The third kappa shape index (κ3) is 7.97. The van der Waals surface area contributed by atoms with Crippen LogP contribution in [0.15, 0.2) is 48.5 Å². The van der Waals surface area contributed by atoms with E-state index in [1.807, 2.05) is 0 Å². The second kappa shape index (κ2) is 11.9. The van der Waals surface area contributed by atoms with Crippen LogP contribution in [0.2, 0.25) is 0 Å². The van der Waals surface area contributed by atoms with Gasteiger partial charge in [0.1, 0.15) is 0 Å². The quantitative estimate of drug-likeness (QED) is 0.331. The Morgan fingerprint density at radius 2 is 1.46 bits per heavy atom. The van der Waals surface area contributed by atoms with Crippen LogP contribution in [0.4, 0.5) is 26.3 Å². The van der Waals surface area contributed by atoms with Gasteiger partial charge in [-0.1, -0.05) is 38.1 Å². The molecule has 204 valence electrons. The topological polar surface area (TPSA) is 40.5 Å². The highest BCUT2D eigenvalue weighted by Gasteiger charge is 2.37. The monoisotopic (exact) mass is 529 g/mol. The number of hydrogen-bond acceptors (Lipinski definition) is 2. The number of benzene rings is 2. The van der Waals surface area contributed by atoms with Crippen LogP contribution in [0.1, 0.15) is 86.7 Å². The molecule has 0 spiro atoms. The number of rotatable bonds is 9. The van der Waals surface area contributed by atoms with Gasteiger partial charge in [-0.05, 0) is 85.9 Å². The van der Waals surface area contributed by atoms with Crippen molar-refractivity contribution in [3.8, 4) is 0 Å². The van der Waals surface area contributed by atoms with Gasteiger partial charge in [-0.15, -0.1) is 0 Å². The van der Waals surface area contributed by atoms with Gasteiger partial charge in [0.15, 0.2) is 0 Å². The molecule has 2 aromatic carbocycles. The summed E-state index contributed by atoms with van der Waals surface area (Å²) in [6.45, 7) is 4.70. The van der Waals surface area contributed by atoms with Gasteiger partial charge in [-0.2, -0.15) is 26.3 Å². The number of carbonyl (C=O) groups is 1. The summed E-state index contributed by atoms with van der Waals surface area (Å²) < 4.78 is 79.0. The second-order valence-electron chi connectivity index (χ2n) is 10.3. The fourth-order valence-corrected chi connectivity index (χ4v) is 5.15. The van der Waals surface area contributed by atoms with Crippen LogP contribution in [0.25, 0.3) is 0 Å². The molecule has 0 amide bonds. The molecule has 0 bridgehead atoms. The standard InChI is InChI=1S/C28H33F6NO2/c1-18(2)3-13-24(20-5-9-22(10-6-20)27(29,30)31)35-16-15-19(4-14-26(36)37)17-25(35)21-7-11-23(12-8-21)28(32,33)34/h5-12,18-19,24-25H,3-4,13-17H2,1-2H3,(H,36,37)/t19-,24-,25-/m1/s1. The summed E-state index contributed by atoms with van der Waals surface area (Å²) in [7, 11) is 0. The van der Waals surface area contributed by atoms with E-state index in [0.717, 1.165) is 36.2 Å². The Morgan fingerprint density at radius 3 is 1.95 bits per heavy atom. The van der Waals surface area contributed by atoms with Crippen molar-refractivity contribution in [2.45, 2.75) is 76.8 Å². The van der Waals surface area contributed by atoms with Gasteiger partial charge in [0.25, 0.3) is 0 Å². The number of likely N-dealkylation sites (tertiary alicyclic amines) is 1. The van der Waals surface area contributed by atoms with Gasteiger partial charge in [0.05, 0.1) is 11.1 Å². The Labute approximate surface area is 213 Å². The average molecular weight is 530 g/mol. The van der Waals surface area contributed by atoms with E-state index < -0.39 is 29.4 Å². The van der Waals surface area contributed by atoms with E-state index in [-0.39, 0.29) is 24.4 Å². The Bertz CT molecular complexity index is 1010. The maximum absolute atomic E-state index is 13.2. The number of nitrogens with zero attached hydrogens (tertiary/aromatic N) is 1. The summed E-state index contributed by atoms with van der Waals surface area (Å²) in [5.41, 5.74) is -0.0605. The van der Waals surface area contributed by atoms with Gasteiger partial charge in [-0.25, -0.2) is 0 Å². The summed E-state index contributed by atoms with van der Waals surface area (Å²) in [6.07, 6.45) is -5.64. The molecule has 0 saturated carbocycles. The molecule has 37 heavy (non-hydrogen) atoms. The number of aliphatic carboxylic acids is 1. The van der Waals surface area contributed by atoms with Crippen molar-refractivity contribution in [2.75, 3.05) is 6.54 Å². The highest BCUT2D eigenvalue weighted by molar-refractivity contribution is 5.66. The van der Waals surface area contributed by atoms with E-state index >= 15 is 0 Å². The molecule has 2 aromatic rings. The van der Waals surface area contributed by atoms with Gasteiger partial charge in [0.2, 0.25) is 0 Å². The number of carboxylic acid groups (broad SMARTS) is 1. The zero-order chi connectivity index (χ0) is 27.4. The summed E-state index contributed by atoms with van der Waals surface area (Å²) in [6, 6.07) is 9.66. The molecule has 9 heteroatoms. The van der Waals surface area contributed by atoms with Crippen molar-refractivity contribution in [3.63, 3.8) is 0 Å². The number of piperidine rings is 1. The first-order chi connectivity index (χ1) is 17.3. The average Bonchev–Trinajstić information content (AvgIpc) is 2.82. The van der Waals surface area contributed by atoms with Gasteiger partial charge in [0, 0.05) is 18.5 Å². The van der Waals surface area contributed by atoms with E-state index in [2.05, 4.69) is 18.7 Å². The van der Waals surface area contributed by atoms with Crippen molar-refractivity contribution in [2.24, 2.45) is 11.8 Å². The van der Waals surface area contributed by atoms with E-state index in [9.17, 15) is 31.1 Å². The third-order valence-electron chi connectivity index (χ3n) is 7.18. The Kier molecular flexibility index (Phi) is 9.32. The Balaban J connectivity index is 1.97. The molecule has 3 atom stereocenters. The number of alkyl halides is 6. The van der Waals surface area contributed by atoms with Crippen molar-refractivity contribution >= 4 is 5.97 Å². The minimum atomic E-state index is -4.46. The molecule has 1 saturated heterocycles. The molecule has 0 aromatic heterocycles. The predicted octanol–water partition coefficient (Wildman–Crippen LogP) is 8.52. The molecule has 1 fully saturated rings. The van der Waals surface area contributed by atoms with Crippen LogP contribution in [0, 0.1) is 11.8 Å². The van der Waals surface area contributed by atoms with Crippen LogP contribution in [-0.2, 0) is 17.1 Å². The lowest BCUT2D eigenvalue weighted by Gasteiger charge is -2.45. The molecule has 1 heterocycles. The maximum atomic E-state index is 13.2. The highest BCUT2D eigenvalue weighted by atomic mass is 19.4. The highest BCUT2D eigenvalue weighted by Crippen LogP contribution is 2.44. The lowest BCUT2D eigenvalue weighted by molar-refractivity contribution is -0.138. The van der Waals surface area contributed by atoms with Crippen LogP contribution in [-0.4, -0.2) is 22.5 Å². The van der Waals surface area contributed by atoms with Crippen LogP contribution >= 0.6 is 0 Å². The van der Waals surface area contributed by atoms with Crippen LogP contribution in [0.3, 0.4) is 0 Å². The minimum absolute atomic E-state index is 0.0140. The normalized spacial score (nSPS) is 20.2. The van der Waals surface area contributed by atoms with Crippen molar-refractivity contribution in [3.05, 3.63) is 70.8 Å². The third-order valence-corrected chi connectivity index (χ3v) is 7.18. The Morgan fingerprint density at radius 1 is 0.919 bits per heavy atom. The number of carboxylic acids is 1. The van der Waals surface area contributed by atoms with Crippen molar-refractivity contribution in [1.29, 1.82) is 0 Å². The van der Waals surface area contributed by atoms with Crippen molar-refractivity contribution < 1.29 is 36.2 Å². The van der Waals surface area contributed by atoms with Gasteiger partial charge in [-0.3, -0.25) is 9.69 Å². The molecule has 0 aliphatic carbocycles. The van der Waals surface area contributed by atoms with E-state index in [0.29, 0.717) is 43.7 Å². The molecule has 1 aliphatic rings. The largest absolute Gasteiger partial charge is 0.481 e. The molecule has 3 nitrogen and oxygen atoms in total. The Hall–Kier alpha value is -2.55. The summed E-state index contributed by atoms with van der Waals surface area (Å²) in [4.78, 5) is 13.3. The fourth-order valence-electron chi connectivity index (χ4n) is 5.15. The maximum Gasteiger partial charge on any atom is 0.416 e. The molecular weight excluding hydrogens is 496 g/mol. The molecule has 1 N–H and O–H groups in total. The van der Waals surface area contributed by atoms with Gasteiger partial charge >= 0.3 is 18.3 Å². The van der Waals surface area contributed by atoms with Gasteiger partial charge < -0.3 is 5.11 Å². The first-order valence-corrected chi connectivity index (χ1v) is 12.6. The van der Waals surface area contributed by atoms with Crippen LogP contribution < -0.4 is 0 Å². The molecule has 0 unspecified atom stereocenters. The fraction of sp³-hybridized carbons (Fsp3) is 0.536. The summed E-state index contributed by atoms with van der Waals surface area (Å²) in [5.74, 6) is -0.458. The molecular formula is C28H33F6NO2. The lowest BCUT2D eigenvalue weighted by Crippen LogP contribution is -2.40. The zero-order valence-corrected chi connectivity index (χ0v) is 20.9. The van der Waals surface area contributed by atoms with Crippen molar-refractivity contribution in [1.82, 2.24) is 4.90 Å². The summed E-state index contributed by atoms with van der Waals surface area (Å²) >= 11 is 0. The van der Waals surface area contributed by atoms with Crippen LogP contribution in [0.5, 0.6) is 0 Å². The second-order valence-corrected chi connectivity index (χ2v) is 10.3. The zero-order valence-electron chi connectivity index (χ0n) is 20.9. The predicted molar refractivity (Wildman–Crippen MR) is 129 cm³/mol. The smallest absolute Gasteiger partial charge is 0.416 e. The number of hydrogen-bond donors (Lipinski definition) is 1. The molecule has 3 rings (SSSR count). The van der Waals surface area contributed by atoms with E-state index in [4.69, 9.17) is 5.11 Å². The SMILES string of the molecule is CC(C)CC[C@H](c1ccc(C(F)(F)F)cc1)N1CC[C@@H](CCC(=O)O)C[C@@H]1c1ccc(C(F)(F)F)cc1. The lowest BCUT2D eigenvalue weighted by atomic mass is 9.82. The summed E-state index contributed by atoms with van der Waals surface area (Å²) in [5, 5.41) is 9.13. The first-order valence-electron chi connectivity index (χ1n) is 12.6. The minimum Gasteiger partial charge on any atom is -0.481 e.